The van der Waals surface area contributed by atoms with Crippen molar-refractivity contribution in [2.45, 2.75) is 20.1 Å². The van der Waals surface area contributed by atoms with Gasteiger partial charge in [0.05, 0.1) is 13.2 Å². The third-order valence-electron chi connectivity index (χ3n) is 3.68. The zero-order valence-electron chi connectivity index (χ0n) is 12.3. The molecular weight excluding hydrogens is 264 g/mol. The van der Waals surface area contributed by atoms with Gasteiger partial charge in [0, 0.05) is 16.7 Å². The molecule has 21 heavy (non-hydrogen) atoms. The van der Waals surface area contributed by atoms with E-state index in [2.05, 4.69) is 0 Å². The number of carbonyl (C=O) groups excluding carboxylic acids is 1. The molecular formula is C18H18O3. The van der Waals surface area contributed by atoms with Crippen molar-refractivity contribution in [1.29, 1.82) is 0 Å². The molecule has 0 aliphatic carbocycles. The number of ketones is 1. The van der Waals surface area contributed by atoms with Crippen LogP contribution in [0, 0.1) is 13.8 Å². The summed E-state index contributed by atoms with van der Waals surface area (Å²) in [7, 11) is 0. The SMILES string of the molecule is Cc1ccc(C)c(C(=O)c2cccc(C3OCCO3)c2)c1. The number of hydrogen-bond donors (Lipinski definition) is 0. The van der Waals surface area contributed by atoms with Crippen LogP contribution in [0.3, 0.4) is 0 Å². The predicted octanol–water partition coefficient (Wildman–Crippen LogP) is 3.58. The first-order valence-corrected chi connectivity index (χ1v) is 7.10. The molecule has 1 saturated heterocycles. The number of rotatable bonds is 3. The van der Waals surface area contributed by atoms with Gasteiger partial charge in [-0.2, -0.15) is 0 Å². The highest BCUT2D eigenvalue weighted by atomic mass is 16.7. The monoisotopic (exact) mass is 282 g/mol. The van der Waals surface area contributed by atoms with Gasteiger partial charge in [-0.15, -0.1) is 0 Å². The van der Waals surface area contributed by atoms with Crippen LogP contribution < -0.4 is 0 Å². The molecule has 2 aromatic rings. The molecule has 0 N–H and O–H groups in total. The van der Waals surface area contributed by atoms with Crippen molar-refractivity contribution in [3.8, 4) is 0 Å². The molecule has 0 radical (unpaired) electrons. The van der Waals surface area contributed by atoms with Gasteiger partial charge in [0.25, 0.3) is 0 Å². The van der Waals surface area contributed by atoms with Gasteiger partial charge < -0.3 is 9.47 Å². The first-order chi connectivity index (χ1) is 10.1. The summed E-state index contributed by atoms with van der Waals surface area (Å²) in [5, 5.41) is 0. The molecule has 0 aromatic heterocycles. The number of benzene rings is 2. The Morgan fingerprint density at radius 1 is 1.05 bits per heavy atom. The quantitative estimate of drug-likeness (QED) is 0.807. The number of ether oxygens (including phenoxy) is 2. The Morgan fingerprint density at radius 2 is 1.81 bits per heavy atom. The normalized spacial score (nSPS) is 15.3. The Kier molecular flexibility index (Phi) is 3.86. The van der Waals surface area contributed by atoms with Crippen molar-refractivity contribution in [1.82, 2.24) is 0 Å². The van der Waals surface area contributed by atoms with Crippen LogP contribution in [0.25, 0.3) is 0 Å². The third kappa shape index (κ3) is 2.89. The van der Waals surface area contributed by atoms with Gasteiger partial charge in [-0.1, -0.05) is 35.9 Å². The average Bonchev–Trinajstić information content (AvgIpc) is 3.03. The highest BCUT2D eigenvalue weighted by molar-refractivity contribution is 6.10. The minimum absolute atomic E-state index is 0.0380. The zero-order chi connectivity index (χ0) is 14.8. The molecule has 1 heterocycles. The molecule has 3 rings (SSSR count). The fraction of sp³-hybridized carbons (Fsp3) is 0.278. The summed E-state index contributed by atoms with van der Waals surface area (Å²) < 4.78 is 11.0. The van der Waals surface area contributed by atoms with Crippen molar-refractivity contribution >= 4 is 5.78 Å². The molecule has 0 spiro atoms. The summed E-state index contributed by atoms with van der Waals surface area (Å²) in [5.41, 5.74) is 4.39. The maximum absolute atomic E-state index is 12.7. The van der Waals surface area contributed by atoms with E-state index in [1.165, 1.54) is 0 Å². The summed E-state index contributed by atoms with van der Waals surface area (Å²) in [6.07, 6.45) is -0.351. The number of hydrogen-bond acceptors (Lipinski definition) is 3. The Morgan fingerprint density at radius 3 is 2.57 bits per heavy atom. The molecule has 3 nitrogen and oxygen atoms in total. The standard InChI is InChI=1S/C18H18O3/c1-12-6-7-13(2)16(10-12)17(19)14-4-3-5-15(11-14)18-20-8-9-21-18/h3-7,10-11,18H,8-9H2,1-2H3. The average molecular weight is 282 g/mol. The van der Waals surface area contributed by atoms with E-state index in [-0.39, 0.29) is 12.1 Å². The molecule has 2 aromatic carbocycles. The van der Waals surface area contributed by atoms with E-state index in [0.29, 0.717) is 18.8 Å². The van der Waals surface area contributed by atoms with Gasteiger partial charge >= 0.3 is 0 Å². The highest BCUT2D eigenvalue weighted by Crippen LogP contribution is 2.25. The van der Waals surface area contributed by atoms with E-state index in [1.54, 1.807) is 0 Å². The largest absolute Gasteiger partial charge is 0.346 e. The maximum atomic E-state index is 12.7. The Bertz CT molecular complexity index is 670. The van der Waals surface area contributed by atoms with Gasteiger partial charge in [-0.25, -0.2) is 0 Å². The fourth-order valence-electron chi connectivity index (χ4n) is 2.51. The molecule has 0 unspecified atom stereocenters. The van der Waals surface area contributed by atoms with E-state index in [9.17, 15) is 4.79 Å². The summed E-state index contributed by atoms with van der Waals surface area (Å²) in [6.45, 7) is 5.15. The summed E-state index contributed by atoms with van der Waals surface area (Å²) in [4.78, 5) is 12.7. The van der Waals surface area contributed by atoms with Crippen LogP contribution in [0.1, 0.15) is 38.9 Å². The van der Waals surface area contributed by atoms with Gasteiger partial charge in [-0.3, -0.25) is 4.79 Å². The molecule has 0 bridgehead atoms. The summed E-state index contributed by atoms with van der Waals surface area (Å²) in [5.74, 6) is 0.0380. The molecule has 1 aliphatic heterocycles. The topological polar surface area (TPSA) is 35.5 Å². The molecule has 1 aliphatic rings. The smallest absolute Gasteiger partial charge is 0.193 e. The van der Waals surface area contributed by atoms with Crippen molar-refractivity contribution < 1.29 is 14.3 Å². The Balaban J connectivity index is 1.94. The Labute approximate surface area is 124 Å². The molecule has 0 saturated carbocycles. The van der Waals surface area contributed by atoms with E-state index in [0.717, 1.165) is 22.3 Å². The molecule has 0 atom stereocenters. The maximum Gasteiger partial charge on any atom is 0.193 e. The fourth-order valence-corrected chi connectivity index (χ4v) is 2.51. The third-order valence-corrected chi connectivity index (χ3v) is 3.68. The molecule has 1 fully saturated rings. The minimum atomic E-state index is -0.351. The van der Waals surface area contributed by atoms with E-state index < -0.39 is 0 Å². The zero-order valence-corrected chi connectivity index (χ0v) is 12.3. The van der Waals surface area contributed by atoms with E-state index >= 15 is 0 Å². The first-order valence-electron chi connectivity index (χ1n) is 7.10. The van der Waals surface area contributed by atoms with Crippen molar-refractivity contribution in [2.75, 3.05) is 13.2 Å². The second-order valence-corrected chi connectivity index (χ2v) is 5.35. The van der Waals surface area contributed by atoms with Crippen LogP contribution in [0.5, 0.6) is 0 Å². The highest BCUT2D eigenvalue weighted by Gasteiger charge is 2.20. The first kappa shape index (κ1) is 14.0. The van der Waals surface area contributed by atoms with Crippen molar-refractivity contribution in [3.05, 3.63) is 70.3 Å². The predicted molar refractivity (Wildman–Crippen MR) is 80.4 cm³/mol. The van der Waals surface area contributed by atoms with Crippen LogP contribution in [-0.2, 0) is 9.47 Å². The number of aryl methyl sites for hydroxylation is 2. The van der Waals surface area contributed by atoms with Crippen LogP contribution >= 0.6 is 0 Å². The Hall–Kier alpha value is -1.97. The lowest BCUT2D eigenvalue weighted by atomic mass is 9.96. The lowest BCUT2D eigenvalue weighted by molar-refractivity contribution is -0.0441. The van der Waals surface area contributed by atoms with E-state index in [1.807, 2.05) is 56.3 Å². The second kappa shape index (κ2) is 5.80. The molecule has 3 heteroatoms. The number of carbonyl (C=O) groups is 1. The minimum Gasteiger partial charge on any atom is -0.346 e. The molecule has 108 valence electrons. The molecule has 0 amide bonds. The van der Waals surface area contributed by atoms with Crippen molar-refractivity contribution in [2.24, 2.45) is 0 Å². The van der Waals surface area contributed by atoms with Crippen LogP contribution in [-0.4, -0.2) is 19.0 Å². The van der Waals surface area contributed by atoms with Crippen molar-refractivity contribution in [3.63, 3.8) is 0 Å². The van der Waals surface area contributed by atoms with Gasteiger partial charge in [0.15, 0.2) is 12.1 Å². The van der Waals surface area contributed by atoms with Gasteiger partial charge in [0.2, 0.25) is 0 Å². The lowest BCUT2D eigenvalue weighted by Crippen LogP contribution is -2.06. The summed E-state index contributed by atoms with van der Waals surface area (Å²) >= 11 is 0. The van der Waals surface area contributed by atoms with Crippen LogP contribution in [0.2, 0.25) is 0 Å². The second-order valence-electron chi connectivity index (χ2n) is 5.35. The van der Waals surface area contributed by atoms with Crippen LogP contribution in [0.15, 0.2) is 42.5 Å². The summed E-state index contributed by atoms with van der Waals surface area (Å²) in [6, 6.07) is 13.4. The van der Waals surface area contributed by atoms with Crippen LogP contribution in [0.4, 0.5) is 0 Å². The van der Waals surface area contributed by atoms with Gasteiger partial charge in [-0.05, 0) is 31.5 Å². The van der Waals surface area contributed by atoms with E-state index in [4.69, 9.17) is 9.47 Å². The lowest BCUT2D eigenvalue weighted by Gasteiger charge is -2.11. The van der Waals surface area contributed by atoms with Gasteiger partial charge in [0.1, 0.15) is 0 Å².